The van der Waals surface area contributed by atoms with Crippen LogP contribution < -0.4 is 5.32 Å². The summed E-state index contributed by atoms with van der Waals surface area (Å²) in [6.07, 6.45) is 3.38. The van der Waals surface area contributed by atoms with Crippen LogP contribution in [0.1, 0.15) is 17.4 Å². The number of amides is 2. The van der Waals surface area contributed by atoms with Crippen LogP contribution >= 0.6 is 0 Å². The Bertz CT molecular complexity index is 1020. The maximum Gasteiger partial charge on any atom is 0.272 e. The second-order valence-electron chi connectivity index (χ2n) is 6.73. The zero-order chi connectivity index (χ0) is 19.5. The smallest absolute Gasteiger partial charge is 0.272 e. The number of anilines is 2. The van der Waals surface area contributed by atoms with Gasteiger partial charge in [0.1, 0.15) is 5.69 Å². The van der Waals surface area contributed by atoms with Crippen LogP contribution in [0.5, 0.6) is 0 Å². The second-order valence-corrected chi connectivity index (χ2v) is 6.73. The predicted molar refractivity (Wildman–Crippen MR) is 107 cm³/mol. The number of carbonyl (C=O) groups is 2. The fourth-order valence-corrected chi connectivity index (χ4v) is 3.37. The van der Waals surface area contributed by atoms with Crippen LogP contribution in [-0.4, -0.2) is 57.8 Å². The van der Waals surface area contributed by atoms with Crippen molar-refractivity contribution in [1.29, 1.82) is 0 Å². The number of hydrogen-bond donors (Lipinski definition) is 1. The summed E-state index contributed by atoms with van der Waals surface area (Å²) in [4.78, 5) is 36.4. The normalized spacial score (nSPS) is 14.2. The van der Waals surface area contributed by atoms with E-state index in [2.05, 4.69) is 15.3 Å². The number of piperazine rings is 1. The van der Waals surface area contributed by atoms with Crippen molar-refractivity contribution in [2.24, 2.45) is 0 Å². The third kappa shape index (κ3) is 3.64. The average Bonchev–Trinajstić information content (AvgIpc) is 2.74. The highest BCUT2D eigenvalue weighted by atomic mass is 16.2. The topological polar surface area (TPSA) is 78.4 Å². The first-order valence-corrected chi connectivity index (χ1v) is 9.23. The lowest BCUT2D eigenvalue weighted by molar-refractivity contribution is -0.130. The minimum atomic E-state index is -0.122. The lowest BCUT2D eigenvalue weighted by Crippen LogP contribution is -2.50. The van der Waals surface area contributed by atoms with Gasteiger partial charge < -0.3 is 15.1 Å². The van der Waals surface area contributed by atoms with Gasteiger partial charge in [0.25, 0.3) is 5.91 Å². The highest BCUT2D eigenvalue weighted by Crippen LogP contribution is 2.24. The van der Waals surface area contributed by atoms with Crippen molar-refractivity contribution in [2.75, 3.05) is 31.5 Å². The van der Waals surface area contributed by atoms with Crippen molar-refractivity contribution in [3.8, 4) is 0 Å². The van der Waals surface area contributed by atoms with Crippen LogP contribution in [0, 0.1) is 0 Å². The van der Waals surface area contributed by atoms with E-state index < -0.39 is 0 Å². The number of aromatic nitrogens is 2. The van der Waals surface area contributed by atoms with Crippen molar-refractivity contribution >= 4 is 34.1 Å². The summed E-state index contributed by atoms with van der Waals surface area (Å²) in [5, 5.41) is 4.38. The van der Waals surface area contributed by atoms with Gasteiger partial charge >= 0.3 is 0 Å². The highest BCUT2D eigenvalue weighted by Gasteiger charge is 2.24. The summed E-state index contributed by atoms with van der Waals surface area (Å²) in [7, 11) is 0. The largest absolute Gasteiger partial charge is 0.354 e. The second kappa shape index (κ2) is 7.64. The summed E-state index contributed by atoms with van der Waals surface area (Å²) >= 11 is 0. The van der Waals surface area contributed by atoms with Crippen LogP contribution in [0.2, 0.25) is 0 Å². The molecule has 2 amide bonds. The minimum Gasteiger partial charge on any atom is -0.354 e. The van der Waals surface area contributed by atoms with Crippen molar-refractivity contribution < 1.29 is 9.59 Å². The first kappa shape index (κ1) is 17.9. The number of para-hydroxylation sites is 1. The molecule has 3 aromatic rings. The fraction of sp³-hybridized carbons (Fsp3) is 0.238. The molecule has 2 aromatic heterocycles. The molecule has 1 fully saturated rings. The Morgan fingerprint density at radius 1 is 0.929 bits per heavy atom. The van der Waals surface area contributed by atoms with Crippen LogP contribution in [0.3, 0.4) is 0 Å². The summed E-state index contributed by atoms with van der Waals surface area (Å²) < 4.78 is 0. The summed E-state index contributed by atoms with van der Waals surface area (Å²) in [5.41, 5.74) is 2.90. The van der Waals surface area contributed by atoms with Gasteiger partial charge in [-0.2, -0.15) is 0 Å². The molecule has 0 saturated carbocycles. The van der Waals surface area contributed by atoms with Gasteiger partial charge in [0.05, 0.1) is 11.2 Å². The molecule has 1 aliphatic rings. The molecule has 0 bridgehead atoms. The van der Waals surface area contributed by atoms with Crippen LogP contribution in [0.15, 0.2) is 54.9 Å². The number of carbonyl (C=O) groups excluding carboxylic acids is 2. The van der Waals surface area contributed by atoms with Crippen molar-refractivity contribution in [1.82, 2.24) is 19.8 Å². The SMILES string of the molecule is CC(=O)N1CCN(C(=O)c2cc(Nc3cccc4cccnc34)ccn2)CC1. The number of benzene rings is 1. The van der Waals surface area contributed by atoms with E-state index in [4.69, 9.17) is 0 Å². The van der Waals surface area contributed by atoms with Crippen molar-refractivity contribution in [3.63, 3.8) is 0 Å². The lowest BCUT2D eigenvalue weighted by Gasteiger charge is -2.34. The molecule has 7 heteroatoms. The zero-order valence-corrected chi connectivity index (χ0v) is 15.6. The molecule has 28 heavy (non-hydrogen) atoms. The molecule has 7 nitrogen and oxygen atoms in total. The Morgan fingerprint density at radius 2 is 1.68 bits per heavy atom. The van der Waals surface area contributed by atoms with E-state index >= 15 is 0 Å². The molecule has 0 spiro atoms. The summed E-state index contributed by atoms with van der Waals surface area (Å²) in [6, 6.07) is 13.4. The maximum absolute atomic E-state index is 12.8. The molecule has 1 aliphatic heterocycles. The van der Waals surface area contributed by atoms with Gasteiger partial charge in [-0.15, -0.1) is 0 Å². The molecule has 3 heterocycles. The molecule has 4 rings (SSSR count). The zero-order valence-electron chi connectivity index (χ0n) is 15.6. The quantitative estimate of drug-likeness (QED) is 0.761. The highest BCUT2D eigenvalue weighted by molar-refractivity contribution is 5.95. The molecular formula is C21H21N5O2. The molecule has 1 saturated heterocycles. The van der Waals surface area contributed by atoms with Gasteiger partial charge in [-0.25, -0.2) is 0 Å². The number of pyridine rings is 2. The third-order valence-corrected chi connectivity index (χ3v) is 4.90. The van der Waals surface area contributed by atoms with E-state index in [0.29, 0.717) is 31.9 Å². The fourth-order valence-electron chi connectivity index (χ4n) is 3.37. The molecule has 0 aliphatic carbocycles. The molecule has 0 atom stereocenters. The summed E-state index contributed by atoms with van der Waals surface area (Å²) in [6.45, 7) is 3.70. The monoisotopic (exact) mass is 375 g/mol. The Hall–Kier alpha value is -3.48. The van der Waals surface area contributed by atoms with Crippen LogP contribution in [0.4, 0.5) is 11.4 Å². The number of hydrogen-bond acceptors (Lipinski definition) is 5. The summed E-state index contributed by atoms with van der Waals surface area (Å²) in [5.74, 6) is -0.0805. The molecule has 0 unspecified atom stereocenters. The van der Waals surface area contributed by atoms with Crippen molar-refractivity contribution in [3.05, 3.63) is 60.6 Å². The number of fused-ring (bicyclic) bond motifs is 1. The van der Waals surface area contributed by atoms with E-state index in [-0.39, 0.29) is 11.8 Å². The van der Waals surface area contributed by atoms with E-state index in [0.717, 1.165) is 22.3 Å². The minimum absolute atomic E-state index is 0.0418. The molecule has 1 aromatic carbocycles. The van der Waals surface area contributed by atoms with Gasteiger partial charge in [0.15, 0.2) is 0 Å². The van der Waals surface area contributed by atoms with Crippen LogP contribution in [-0.2, 0) is 4.79 Å². The number of nitrogens with zero attached hydrogens (tertiary/aromatic N) is 4. The number of nitrogens with one attached hydrogen (secondary N) is 1. The third-order valence-electron chi connectivity index (χ3n) is 4.90. The van der Waals surface area contributed by atoms with E-state index in [1.54, 1.807) is 35.2 Å². The Labute approximate surface area is 163 Å². The molecule has 142 valence electrons. The van der Waals surface area contributed by atoms with Gasteiger partial charge in [-0.05, 0) is 24.3 Å². The van der Waals surface area contributed by atoms with Gasteiger partial charge in [0.2, 0.25) is 5.91 Å². The predicted octanol–water partition coefficient (Wildman–Crippen LogP) is 2.68. The standard InChI is InChI=1S/C21H21N5O2/c1-15(27)25-10-12-26(13-11-25)21(28)19-14-17(7-9-22-19)24-18-6-2-4-16-5-3-8-23-20(16)18/h2-9,14H,10-13H2,1H3,(H,22,24). The molecule has 1 N–H and O–H groups in total. The Kier molecular flexibility index (Phi) is 4.89. The van der Waals surface area contributed by atoms with E-state index in [1.165, 1.54) is 0 Å². The van der Waals surface area contributed by atoms with Gasteiger partial charge in [0, 0.05) is 56.6 Å². The number of rotatable bonds is 3. The Balaban J connectivity index is 1.52. The van der Waals surface area contributed by atoms with E-state index in [9.17, 15) is 9.59 Å². The maximum atomic E-state index is 12.8. The van der Waals surface area contributed by atoms with Gasteiger partial charge in [-0.1, -0.05) is 18.2 Å². The lowest BCUT2D eigenvalue weighted by atomic mass is 10.2. The van der Waals surface area contributed by atoms with Crippen LogP contribution in [0.25, 0.3) is 10.9 Å². The van der Waals surface area contributed by atoms with E-state index in [1.807, 2.05) is 36.4 Å². The first-order chi connectivity index (χ1) is 13.6. The van der Waals surface area contributed by atoms with Gasteiger partial charge in [-0.3, -0.25) is 19.6 Å². The molecular weight excluding hydrogens is 354 g/mol. The molecule has 0 radical (unpaired) electrons. The Morgan fingerprint density at radius 3 is 2.46 bits per heavy atom. The van der Waals surface area contributed by atoms with Crippen molar-refractivity contribution in [2.45, 2.75) is 6.92 Å². The average molecular weight is 375 g/mol. The first-order valence-electron chi connectivity index (χ1n) is 9.23.